The number of nitrogens with one attached hydrogen (secondary N) is 1. The molecule has 156 valence electrons. The van der Waals surface area contributed by atoms with Gasteiger partial charge in [0.1, 0.15) is 22.4 Å². The highest BCUT2D eigenvalue weighted by Gasteiger charge is 2.23. The molecule has 1 saturated heterocycles. The molecule has 1 amide bonds. The summed E-state index contributed by atoms with van der Waals surface area (Å²) in [5.41, 5.74) is 2.35. The van der Waals surface area contributed by atoms with E-state index in [0.717, 1.165) is 47.0 Å². The van der Waals surface area contributed by atoms with Gasteiger partial charge in [0.15, 0.2) is 5.13 Å². The predicted molar refractivity (Wildman–Crippen MR) is 120 cm³/mol. The lowest BCUT2D eigenvalue weighted by Gasteiger charge is -2.32. The lowest BCUT2D eigenvalue weighted by molar-refractivity contribution is 0.0926. The maximum absolute atomic E-state index is 12.3. The Kier molecular flexibility index (Phi) is 8.92. The van der Waals surface area contributed by atoms with E-state index in [1.165, 1.54) is 0 Å². The van der Waals surface area contributed by atoms with Crippen LogP contribution >= 0.6 is 11.3 Å². The van der Waals surface area contributed by atoms with Gasteiger partial charge in [-0.3, -0.25) is 9.78 Å². The second kappa shape index (κ2) is 11.4. The van der Waals surface area contributed by atoms with Gasteiger partial charge in [-0.05, 0) is 31.4 Å². The zero-order valence-corrected chi connectivity index (χ0v) is 18.7. The topological polar surface area (TPSA) is 83.9 Å². The van der Waals surface area contributed by atoms with E-state index in [2.05, 4.69) is 30.2 Å². The number of nitrogens with zero attached hydrogens (tertiary/aromatic N) is 5. The SMILES string of the molecule is CC.CC.Cc1ccc(C(=O)NC2CCN(c3nc4cncnc4s3)CC2)nc1. The molecule has 1 fully saturated rings. The molecule has 0 atom stereocenters. The molecule has 0 aromatic carbocycles. The Morgan fingerprint density at radius 2 is 1.83 bits per heavy atom. The van der Waals surface area contributed by atoms with E-state index in [0.29, 0.717) is 5.69 Å². The second-order valence-electron chi connectivity index (χ2n) is 6.17. The minimum absolute atomic E-state index is 0.103. The number of carbonyl (C=O) groups is 1. The zero-order valence-electron chi connectivity index (χ0n) is 17.8. The minimum atomic E-state index is -0.103. The summed E-state index contributed by atoms with van der Waals surface area (Å²) in [6.45, 7) is 11.7. The van der Waals surface area contributed by atoms with Crippen LogP contribution in [-0.4, -0.2) is 45.0 Å². The van der Waals surface area contributed by atoms with E-state index in [-0.39, 0.29) is 11.9 Å². The summed E-state index contributed by atoms with van der Waals surface area (Å²) in [5, 5.41) is 4.06. The molecule has 29 heavy (non-hydrogen) atoms. The maximum atomic E-state index is 12.3. The smallest absolute Gasteiger partial charge is 0.270 e. The maximum Gasteiger partial charge on any atom is 0.270 e. The van der Waals surface area contributed by atoms with Crippen molar-refractivity contribution in [1.82, 2.24) is 25.3 Å². The highest BCUT2D eigenvalue weighted by Crippen LogP contribution is 2.28. The van der Waals surface area contributed by atoms with Gasteiger partial charge < -0.3 is 10.2 Å². The summed E-state index contributed by atoms with van der Waals surface area (Å²) >= 11 is 1.58. The second-order valence-corrected chi connectivity index (χ2v) is 7.12. The molecule has 1 aliphatic heterocycles. The highest BCUT2D eigenvalue weighted by molar-refractivity contribution is 7.21. The molecule has 4 rings (SSSR count). The Balaban J connectivity index is 0.000000707. The van der Waals surface area contributed by atoms with Crippen LogP contribution in [0.15, 0.2) is 30.9 Å². The van der Waals surface area contributed by atoms with Crippen molar-refractivity contribution >= 4 is 32.7 Å². The Hall–Kier alpha value is -2.61. The van der Waals surface area contributed by atoms with Gasteiger partial charge in [0.05, 0.1) is 6.20 Å². The van der Waals surface area contributed by atoms with Crippen molar-refractivity contribution in [3.8, 4) is 0 Å². The molecule has 1 aliphatic rings. The number of aryl methyl sites for hydroxylation is 1. The number of carbonyl (C=O) groups excluding carboxylic acids is 1. The van der Waals surface area contributed by atoms with Crippen molar-refractivity contribution in [3.63, 3.8) is 0 Å². The van der Waals surface area contributed by atoms with Crippen molar-refractivity contribution in [2.45, 2.75) is 53.5 Å². The van der Waals surface area contributed by atoms with E-state index in [9.17, 15) is 4.79 Å². The summed E-state index contributed by atoms with van der Waals surface area (Å²) < 4.78 is 0. The summed E-state index contributed by atoms with van der Waals surface area (Å²) in [6, 6.07) is 3.84. The van der Waals surface area contributed by atoms with Crippen molar-refractivity contribution < 1.29 is 4.79 Å². The van der Waals surface area contributed by atoms with Crippen LogP contribution in [0.4, 0.5) is 5.13 Å². The number of fused-ring (bicyclic) bond motifs is 1. The first-order chi connectivity index (χ1) is 14.2. The molecule has 0 saturated carbocycles. The molecule has 3 aromatic rings. The Morgan fingerprint density at radius 1 is 1.10 bits per heavy atom. The number of rotatable bonds is 3. The van der Waals surface area contributed by atoms with E-state index < -0.39 is 0 Å². The number of pyridine rings is 1. The average Bonchev–Trinajstić information content (AvgIpc) is 3.22. The summed E-state index contributed by atoms with van der Waals surface area (Å²) in [4.78, 5) is 32.5. The summed E-state index contributed by atoms with van der Waals surface area (Å²) in [6.07, 6.45) is 6.78. The Morgan fingerprint density at radius 3 is 2.45 bits per heavy atom. The van der Waals surface area contributed by atoms with Crippen LogP contribution in [0.25, 0.3) is 10.3 Å². The van der Waals surface area contributed by atoms with Gasteiger partial charge in [-0.1, -0.05) is 45.1 Å². The first-order valence-corrected chi connectivity index (χ1v) is 11.1. The third kappa shape index (κ3) is 5.93. The van der Waals surface area contributed by atoms with Crippen molar-refractivity contribution in [1.29, 1.82) is 0 Å². The summed E-state index contributed by atoms with van der Waals surface area (Å²) in [5.74, 6) is -0.103. The van der Waals surface area contributed by atoms with E-state index in [1.54, 1.807) is 36.1 Å². The first-order valence-electron chi connectivity index (χ1n) is 10.2. The predicted octanol–water partition coefficient (Wildman–Crippen LogP) is 4.24. The number of anilines is 1. The number of hydrogen-bond acceptors (Lipinski definition) is 7. The van der Waals surface area contributed by atoms with Gasteiger partial charge in [-0.25, -0.2) is 15.0 Å². The molecular formula is C21H30N6OS. The van der Waals surface area contributed by atoms with Crippen LogP contribution in [0.5, 0.6) is 0 Å². The van der Waals surface area contributed by atoms with Gasteiger partial charge in [-0.2, -0.15) is 0 Å². The number of thiazole rings is 1. The Labute approximate surface area is 176 Å². The molecule has 0 bridgehead atoms. The van der Waals surface area contributed by atoms with E-state index in [1.807, 2.05) is 40.7 Å². The molecule has 0 unspecified atom stereocenters. The molecule has 7 nitrogen and oxygen atoms in total. The average molecular weight is 415 g/mol. The standard InChI is InChI=1S/C17H18N6OS.2C2H6/c1-11-2-3-13(19-8-11)15(24)21-12-4-6-23(7-5-12)17-22-14-9-18-10-20-16(14)25-17;2*1-2/h2-3,8-10,12H,4-7H2,1H3,(H,21,24);2*1-2H3. The Bertz CT molecular complexity index is 855. The highest BCUT2D eigenvalue weighted by atomic mass is 32.1. The number of amides is 1. The van der Waals surface area contributed by atoms with Gasteiger partial charge in [0.2, 0.25) is 0 Å². The summed E-state index contributed by atoms with van der Waals surface area (Å²) in [7, 11) is 0. The molecule has 8 heteroatoms. The van der Waals surface area contributed by atoms with Crippen LogP contribution < -0.4 is 10.2 Å². The largest absolute Gasteiger partial charge is 0.348 e. The van der Waals surface area contributed by atoms with Crippen molar-refractivity contribution in [2.75, 3.05) is 18.0 Å². The normalized spacial score (nSPS) is 13.8. The van der Waals surface area contributed by atoms with Gasteiger partial charge in [0, 0.05) is 25.3 Å². The quantitative estimate of drug-likeness (QED) is 0.690. The molecule has 3 aromatic heterocycles. The third-order valence-corrected chi connectivity index (χ3v) is 5.35. The minimum Gasteiger partial charge on any atom is -0.348 e. The van der Waals surface area contributed by atoms with Gasteiger partial charge in [-0.15, -0.1) is 0 Å². The fourth-order valence-electron chi connectivity index (χ4n) is 2.89. The number of hydrogen-bond donors (Lipinski definition) is 1. The van der Waals surface area contributed by atoms with Crippen LogP contribution in [0, 0.1) is 6.92 Å². The van der Waals surface area contributed by atoms with Gasteiger partial charge >= 0.3 is 0 Å². The molecule has 4 heterocycles. The number of piperidine rings is 1. The molecule has 0 spiro atoms. The molecular weight excluding hydrogens is 384 g/mol. The van der Waals surface area contributed by atoms with Crippen LogP contribution in [0.1, 0.15) is 56.6 Å². The van der Waals surface area contributed by atoms with Crippen molar-refractivity contribution in [3.05, 3.63) is 42.1 Å². The monoisotopic (exact) mass is 414 g/mol. The fraction of sp³-hybridized carbons (Fsp3) is 0.476. The van der Waals surface area contributed by atoms with Crippen LogP contribution in [0.2, 0.25) is 0 Å². The lowest BCUT2D eigenvalue weighted by Crippen LogP contribution is -2.44. The van der Waals surface area contributed by atoms with Gasteiger partial charge in [0.25, 0.3) is 5.91 Å². The molecule has 0 radical (unpaired) electrons. The number of aromatic nitrogens is 4. The van der Waals surface area contributed by atoms with Crippen LogP contribution in [-0.2, 0) is 0 Å². The molecule has 1 N–H and O–H groups in total. The van der Waals surface area contributed by atoms with Crippen LogP contribution in [0.3, 0.4) is 0 Å². The first kappa shape index (κ1) is 22.7. The molecule has 0 aliphatic carbocycles. The van der Waals surface area contributed by atoms with E-state index >= 15 is 0 Å². The van der Waals surface area contributed by atoms with Crippen molar-refractivity contribution in [2.24, 2.45) is 0 Å². The lowest BCUT2D eigenvalue weighted by atomic mass is 10.1. The zero-order chi connectivity index (χ0) is 21.2. The third-order valence-electron chi connectivity index (χ3n) is 4.31. The van der Waals surface area contributed by atoms with E-state index in [4.69, 9.17) is 0 Å². The fourth-order valence-corrected chi connectivity index (χ4v) is 3.82.